The van der Waals surface area contributed by atoms with Gasteiger partial charge in [-0.1, -0.05) is 54.1 Å². The summed E-state index contributed by atoms with van der Waals surface area (Å²) >= 11 is 0. The average molecular weight is 322 g/mol. The molecule has 25 heavy (non-hydrogen) atoms. The molecule has 1 aromatic rings. The van der Waals surface area contributed by atoms with Crippen LogP contribution >= 0.6 is 0 Å². The van der Waals surface area contributed by atoms with Crippen LogP contribution in [-0.4, -0.2) is 0 Å². The average Bonchev–Trinajstić information content (AvgIpc) is 2.65. The van der Waals surface area contributed by atoms with Crippen LogP contribution in [0.15, 0.2) is 48.1 Å². The summed E-state index contributed by atoms with van der Waals surface area (Å²) in [7, 11) is 0. The number of hydrogen-bond donors (Lipinski definition) is 0. The van der Waals surface area contributed by atoms with Crippen LogP contribution < -0.4 is 0 Å². The largest absolute Gasteiger partial charge is 0.196 e. The highest BCUT2D eigenvalue weighted by Crippen LogP contribution is 2.70. The van der Waals surface area contributed by atoms with Crippen LogP contribution in [0.5, 0.6) is 0 Å². The molecule has 2 saturated carbocycles. The summed E-state index contributed by atoms with van der Waals surface area (Å²) in [6.45, 7) is 0. The van der Waals surface area contributed by atoms with Gasteiger partial charge in [-0.05, 0) is 23.8 Å². The molecule has 2 bridgehead atoms. The molecule has 2 fully saturated rings. The molecule has 0 N–H and O–H groups in total. The molecule has 0 aliphatic heterocycles. The number of allylic oxidation sites excluding steroid dienone is 3. The van der Waals surface area contributed by atoms with Gasteiger partial charge < -0.3 is 0 Å². The molecule has 118 valence electrons. The van der Waals surface area contributed by atoms with Gasteiger partial charge >= 0.3 is 0 Å². The Morgan fingerprint density at radius 3 is 2.00 bits per heavy atom. The fraction of sp³-hybridized carbons (Fsp3) is 0.333. The fourth-order valence-corrected chi connectivity index (χ4v) is 5.02. The van der Waals surface area contributed by atoms with E-state index >= 15 is 0 Å². The highest BCUT2D eigenvalue weighted by molar-refractivity contribution is 5.59. The number of benzene rings is 1. The van der Waals surface area contributed by atoms with E-state index in [0.29, 0.717) is 0 Å². The van der Waals surface area contributed by atoms with Crippen molar-refractivity contribution in [3.63, 3.8) is 0 Å². The van der Waals surface area contributed by atoms with Gasteiger partial charge in [-0.15, -0.1) is 0 Å². The predicted molar refractivity (Wildman–Crippen MR) is 89.5 cm³/mol. The lowest BCUT2D eigenvalue weighted by molar-refractivity contribution is -0.0360. The van der Waals surface area contributed by atoms with E-state index in [2.05, 4.69) is 30.4 Å². The molecular weight excluding hydrogens is 308 g/mol. The Labute approximate surface area is 146 Å². The monoisotopic (exact) mass is 322 g/mol. The molecule has 0 heterocycles. The Hall–Kier alpha value is -3.34. The van der Waals surface area contributed by atoms with Crippen molar-refractivity contribution in [2.45, 2.75) is 6.42 Å². The summed E-state index contributed by atoms with van der Waals surface area (Å²) < 4.78 is 0. The molecule has 5 rings (SSSR count). The molecule has 1 aromatic carbocycles. The molecule has 4 atom stereocenters. The second-order valence-corrected chi connectivity index (χ2v) is 7.02. The SMILES string of the molecule is N#CC1(C#N)[C@@H]2C=C[C@@H]([C@H]3C/C(=C\c4ccccc4)[C@H]32)C1(C#N)C#N. The van der Waals surface area contributed by atoms with E-state index in [1.807, 2.05) is 42.5 Å². The third-order valence-electron chi connectivity index (χ3n) is 6.21. The van der Waals surface area contributed by atoms with Crippen LogP contribution in [0.2, 0.25) is 0 Å². The first-order valence-corrected chi connectivity index (χ1v) is 8.26. The zero-order chi connectivity index (χ0) is 17.7. The second kappa shape index (κ2) is 5.08. The number of fused-ring (bicyclic) bond motifs is 1. The standard InChI is InChI=1S/C21H14N4/c22-10-20(11-23)17-6-7-18(21(20,12-24)13-25)19-15(9-16(17)19)8-14-4-2-1-3-5-14/h1-8,16-19H,9H2/b15-8+/t16-,17+,18-,19-/m1/s1. The molecule has 4 aliphatic rings. The number of hydrogen-bond acceptors (Lipinski definition) is 4. The lowest BCUT2D eigenvalue weighted by atomic mass is 9.36. The van der Waals surface area contributed by atoms with Crippen molar-refractivity contribution in [2.24, 2.45) is 34.5 Å². The van der Waals surface area contributed by atoms with Crippen LogP contribution in [0.4, 0.5) is 0 Å². The summed E-state index contributed by atoms with van der Waals surface area (Å²) in [5.74, 6) is -0.575. The maximum atomic E-state index is 9.84. The first kappa shape index (κ1) is 15.2. The molecule has 4 aliphatic carbocycles. The minimum atomic E-state index is -1.62. The van der Waals surface area contributed by atoms with E-state index in [4.69, 9.17) is 0 Å². The van der Waals surface area contributed by atoms with Gasteiger partial charge in [-0.3, -0.25) is 0 Å². The van der Waals surface area contributed by atoms with E-state index < -0.39 is 16.7 Å². The van der Waals surface area contributed by atoms with Crippen LogP contribution in [-0.2, 0) is 0 Å². The summed E-state index contributed by atoms with van der Waals surface area (Å²) in [4.78, 5) is 0. The van der Waals surface area contributed by atoms with Crippen molar-refractivity contribution in [3.05, 3.63) is 53.6 Å². The lowest BCUT2D eigenvalue weighted by Crippen LogP contribution is -2.63. The Bertz CT molecular complexity index is 930. The highest BCUT2D eigenvalue weighted by atomic mass is 14.7. The van der Waals surface area contributed by atoms with Crippen LogP contribution in [0.25, 0.3) is 6.08 Å². The fourth-order valence-electron chi connectivity index (χ4n) is 5.02. The third-order valence-corrected chi connectivity index (χ3v) is 6.21. The molecule has 0 unspecified atom stereocenters. The normalized spacial score (nSPS) is 33.8. The summed E-state index contributed by atoms with van der Waals surface area (Å²) in [5, 5.41) is 39.2. The summed E-state index contributed by atoms with van der Waals surface area (Å²) in [6, 6.07) is 18.2. The number of nitriles is 4. The van der Waals surface area contributed by atoms with Crippen molar-refractivity contribution in [3.8, 4) is 24.3 Å². The van der Waals surface area contributed by atoms with E-state index in [9.17, 15) is 21.0 Å². The summed E-state index contributed by atoms with van der Waals surface area (Å²) in [6.07, 6.45) is 6.71. The Kier molecular flexibility index (Phi) is 3.09. The zero-order valence-electron chi connectivity index (χ0n) is 13.4. The van der Waals surface area contributed by atoms with Crippen molar-refractivity contribution in [2.75, 3.05) is 0 Å². The minimum absolute atomic E-state index is 0.0596. The van der Waals surface area contributed by atoms with Crippen molar-refractivity contribution in [1.82, 2.24) is 0 Å². The lowest BCUT2D eigenvalue weighted by Gasteiger charge is -2.61. The van der Waals surface area contributed by atoms with Crippen molar-refractivity contribution in [1.29, 1.82) is 21.0 Å². The van der Waals surface area contributed by atoms with E-state index in [-0.39, 0.29) is 17.8 Å². The first-order chi connectivity index (χ1) is 12.2. The van der Waals surface area contributed by atoms with Crippen LogP contribution in [0, 0.1) is 79.8 Å². The second-order valence-electron chi connectivity index (χ2n) is 7.02. The minimum Gasteiger partial charge on any atom is -0.196 e. The number of rotatable bonds is 1. The Balaban J connectivity index is 1.83. The molecule has 0 amide bonds. The van der Waals surface area contributed by atoms with Crippen molar-refractivity contribution >= 4 is 6.08 Å². The Morgan fingerprint density at radius 2 is 1.40 bits per heavy atom. The maximum absolute atomic E-state index is 9.84. The van der Waals surface area contributed by atoms with Gasteiger partial charge in [0.15, 0.2) is 10.8 Å². The highest BCUT2D eigenvalue weighted by Gasteiger charge is 2.73. The third kappa shape index (κ3) is 1.62. The first-order valence-electron chi connectivity index (χ1n) is 8.26. The van der Waals surface area contributed by atoms with E-state index in [0.717, 1.165) is 12.0 Å². The molecule has 0 spiro atoms. The van der Waals surface area contributed by atoms with Gasteiger partial charge in [0, 0.05) is 11.8 Å². The predicted octanol–water partition coefficient (Wildman–Crippen LogP) is 3.59. The van der Waals surface area contributed by atoms with Gasteiger partial charge in [-0.25, -0.2) is 0 Å². The van der Waals surface area contributed by atoms with Gasteiger partial charge in [0.25, 0.3) is 0 Å². The molecule has 0 saturated heterocycles. The van der Waals surface area contributed by atoms with Gasteiger partial charge in [0.05, 0.1) is 24.3 Å². The van der Waals surface area contributed by atoms with E-state index in [1.54, 1.807) is 0 Å². The number of nitrogens with zero attached hydrogens (tertiary/aromatic N) is 4. The van der Waals surface area contributed by atoms with Crippen LogP contribution in [0.3, 0.4) is 0 Å². The topological polar surface area (TPSA) is 95.2 Å². The molecular formula is C21H14N4. The summed E-state index contributed by atoms with van der Waals surface area (Å²) in [5.41, 5.74) is -0.912. The zero-order valence-corrected chi connectivity index (χ0v) is 13.4. The Morgan fingerprint density at radius 1 is 0.840 bits per heavy atom. The smallest absolute Gasteiger partial charge is 0.182 e. The van der Waals surface area contributed by atoms with Crippen molar-refractivity contribution < 1.29 is 0 Å². The molecule has 0 aromatic heterocycles. The van der Waals surface area contributed by atoms with Gasteiger partial charge in [0.1, 0.15) is 0 Å². The maximum Gasteiger partial charge on any atom is 0.182 e. The molecule has 4 nitrogen and oxygen atoms in total. The molecule has 0 radical (unpaired) electrons. The van der Waals surface area contributed by atoms with Gasteiger partial charge in [-0.2, -0.15) is 21.0 Å². The quantitative estimate of drug-likeness (QED) is 0.738. The van der Waals surface area contributed by atoms with Crippen LogP contribution in [0.1, 0.15) is 12.0 Å². The van der Waals surface area contributed by atoms with Gasteiger partial charge in [0.2, 0.25) is 0 Å². The van der Waals surface area contributed by atoms with E-state index in [1.165, 1.54) is 5.57 Å². The molecule has 4 heteroatoms.